The van der Waals surface area contributed by atoms with Crippen LogP contribution in [0.3, 0.4) is 0 Å². The maximum atomic E-state index is 12.0. The van der Waals surface area contributed by atoms with Crippen molar-refractivity contribution in [3.63, 3.8) is 0 Å². The van der Waals surface area contributed by atoms with Gasteiger partial charge < -0.3 is 15.2 Å². The highest BCUT2D eigenvalue weighted by molar-refractivity contribution is 6.30. The molecule has 2 rings (SSSR count). The normalized spacial score (nSPS) is 11.6. The fourth-order valence-electron chi connectivity index (χ4n) is 2.20. The minimum Gasteiger partial charge on any atom is -0.484 e. The van der Waals surface area contributed by atoms with Crippen LogP contribution in [-0.4, -0.2) is 29.6 Å². The predicted octanol–water partition coefficient (Wildman–Crippen LogP) is 2.84. The Labute approximate surface area is 145 Å². The summed E-state index contributed by atoms with van der Waals surface area (Å²) in [5.74, 6) is -1.05. The lowest BCUT2D eigenvalue weighted by molar-refractivity contribution is -0.142. The van der Waals surface area contributed by atoms with Gasteiger partial charge in [-0.2, -0.15) is 0 Å². The monoisotopic (exact) mass is 347 g/mol. The number of aliphatic carboxylic acids is 1. The van der Waals surface area contributed by atoms with Gasteiger partial charge in [0.15, 0.2) is 6.61 Å². The van der Waals surface area contributed by atoms with Crippen LogP contribution in [0.5, 0.6) is 5.75 Å². The summed E-state index contributed by atoms with van der Waals surface area (Å²) in [5, 5.41) is 12.3. The Morgan fingerprint density at radius 1 is 1.21 bits per heavy atom. The second kappa shape index (κ2) is 8.36. The summed E-state index contributed by atoms with van der Waals surface area (Å²) in [7, 11) is 0. The van der Waals surface area contributed by atoms with E-state index in [1.165, 1.54) is 0 Å². The van der Waals surface area contributed by atoms with Gasteiger partial charge in [-0.25, -0.2) is 4.79 Å². The molecule has 0 spiro atoms. The van der Waals surface area contributed by atoms with Crippen molar-refractivity contribution in [3.05, 3.63) is 64.7 Å². The number of carbonyl (C=O) groups is 2. The summed E-state index contributed by atoms with van der Waals surface area (Å²) in [6.45, 7) is 1.55. The van der Waals surface area contributed by atoms with Gasteiger partial charge in [-0.3, -0.25) is 4.79 Å². The van der Waals surface area contributed by atoms with E-state index in [0.717, 1.165) is 11.1 Å². The zero-order chi connectivity index (χ0) is 17.5. The molecule has 0 aromatic heterocycles. The molecule has 0 bridgehead atoms. The van der Waals surface area contributed by atoms with E-state index in [0.29, 0.717) is 10.8 Å². The van der Waals surface area contributed by atoms with Crippen LogP contribution in [0.15, 0.2) is 48.5 Å². The van der Waals surface area contributed by atoms with Crippen LogP contribution in [-0.2, 0) is 16.0 Å². The van der Waals surface area contributed by atoms with Gasteiger partial charge in [-0.05, 0) is 36.2 Å². The Morgan fingerprint density at radius 3 is 2.54 bits per heavy atom. The molecule has 24 heavy (non-hydrogen) atoms. The van der Waals surface area contributed by atoms with Gasteiger partial charge in [-0.1, -0.05) is 41.9 Å². The molecule has 2 aromatic rings. The van der Waals surface area contributed by atoms with E-state index in [2.05, 4.69) is 5.32 Å². The molecular formula is C18H18ClNO4. The molecule has 2 aromatic carbocycles. The van der Waals surface area contributed by atoms with Crippen molar-refractivity contribution in [2.24, 2.45) is 0 Å². The standard InChI is InChI=1S/C18H18ClNO4/c1-12-9-14(19)7-8-16(12)24-11-17(21)20-15(18(22)23)10-13-5-3-2-4-6-13/h2-9,15H,10-11H2,1H3,(H,20,21)(H,22,23)/t15-/m1/s1. The molecule has 0 heterocycles. The minimum atomic E-state index is -1.09. The van der Waals surface area contributed by atoms with Crippen molar-refractivity contribution in [1.29, 1.82) is 0 Å². The van der Waals surface area contributed by atoms with Crippen LogP contribution in [0.2, 0.25) is 5.02 Å². The first-order chi connectivity index (χ1) is 11.5. The van der Waals surface area contributed by atoms with Crippen LogP contribution in [0.1, 0.15) is 11.1 Å². The van der Waals surface area contributed by atoms with Crippen molar-refractivity contribution >= 4 is 23.5 Å². The molecule has 0 radical (unpaired) electrons. The summed E-state index contributed by atoms with van der Waals surface area (Å²) in [5.41, 5.74) is 1.63. The predicted molar refractivity (Wildman–Crippen MR) is 91.4 cm³/mol. The van der Waals surface area contributed by atoms with E-state index >= 15 is 0 Å². The highest BCUT2D eigenvalue weighted by Gasteiger charge is 2.20. The number of ether oxygens (including phenoxy) is 1. The maximum absolute atomic E-state index is 12.0. The van der Waals surface area contributed by atoms with E-state index in [4.69, 9.17) is 16.3 Å². The summed E-state index contributed by atoms with van der Waals surface area (Å²) in [4.78, 5) is 23.3. The van der Waals surface area contributed by atoms with Crippen LogP contribution in [0, 0.1) is 6.92 Å². The van der Waals surface area contributed by atoms with Crippen molar-refractivity contribution in [1.82, 2.24) is 5.32 Å². The van der Waals surface area contributed by atoms with Crippen molar-refractivity contribution in [2.45, 2.75) is 19.4 Å². The van der Waals surface area contributed by atoms with E-state index in [9.17, 15) is 14.7 Å². The third-order valence-electron chi connectivity index (χ3n) is 3.41. The second-order valence-corrected chi connectivity index (χ2v) is 5.78. The highest BCUT2D eigenvalue weighted by atomic mass is 35.5. The summed E-state index contributed by atoms with van der Waals surface area (Å²) in [6, 6.07) is 13.2. The minimum absolute atomic E-state index is 0.210. The zero-order valence-electron chi connectivity index (χ0n) is 13.2. The number of nitrogens with one attached hydrogen (secondary N) is 1. The van der Waals surface area contributed by atoms with Gasteiger partial charge in [0.1, 0.15) is 11.8 Å². The number of rotatable bonds is 7. The highest BCUT2D eigenvalue weighted by Crippen LogP contribution is 2.21. The van der Waals surface area contributed by atoms with Gasteiger partial charge in [0.05, 0.1) is 0 Å². The molecule has 0 saturated heterocycles. The van der Waals surface area contributed by atoms with E-state index in [1.54, 1.807) is 18.2 Å². The Balaban J connectivity index is 1.92. The second-order valence-electron chi connectivity index (χ2n) is 5.35. The maximum Gasteiger partial charge on any atom is 0.326 e. The number of carbonyl (C=O) groups excluding carboxylic acids is 1. The number of aryl methyl sites for hydroxylation is 1. The SMILES string of the molecule is Cc1cc(Cl)ccc1OCC(=O)N[C@H](Cc1ccccc1)C(=O)O. The first kappa shape index (κ1) is 17.8. The lowest BCUT2D eigenvalue weighted by Crippen LogP contribution is -2.44. The third-order valence-corrected chi connectivity index (χ3v) is 3.65. The number of halogens is 1. The van der Waals surface area contributed by atoms with Gasteiger partial charge >= 0.3 is 5.97 Å². The molecule has 2 N–H and O–H groups in total. The van der Waals surface area contributed by atoms with Gasteiger partial charge in [0.2, 0.25) is 0 Å². The molecule has 0 unspecified atom stereocenters. The van der Waals surface area contributed by atoms with Crippen LogP contribution >= 0.6 is 11.6 Å². The molecule has 1 amide bonds. The van der Waals surface area contributed by atoms with Crippen molar-refractivity contribution in [3.8, 4) is 5.75 Å². The summed E-state index contributed by atoms with van der Waals surface area (Å²) >= 11 is 5.86. The van der Waals surface area contributed by atoms with Crippen molar-refractivity contribution < 1.29 is 19.4 Å². The number of carboxylic acids is 1. The Hall–Kier alpha value is -2.53. The average molecular weight is 348 g/mol. The number of hydrogen-bond acceptors (Lipinski definition) is 3. The number of amides is 1. The van der Waals surface area contributed by atoms with Crippen LogP contribution < -0.4 is 10.1 Å². The smallest absolute Gasteiger partial charge is 0.326 e. The average Bonchev–Trinajstić information content (AvgIpc) is 2.54. The Morgan fingerprint density at radius 2 is 1.92 bits per heavy atom. The molecule has 0 aliphatic carbocycles. The van der Waals surface area contributed by atoms with Crippen LogP contribution in [0.4, 0.5) is 0 Å². The zero-order valence-corrected chi connectivity index (χ0v) is 13.9. The first-order valence-corrected chi connectivity index (χ1v) is 7.78. The quantitative estimate of drug-likeness (QED) is 0.807. The lowest BCUT2D eigenvalue weighted by atomic mass is 10.1. The molecule has 1 atom stereocenters. The number of benzene rings is 2. The van der Waals surface area contributed by atoms with E-state index in [-0.39, 0.29) is 13.0 Å². The van der Waals surface area contributed by atoms with Crippen molar-refractivity contribution in [2.75, 3.05) is 6.61 Å². The van der Waals surface area contributed by atoms with E-state index in [1.807, 2.05) is 37.3 Å². The number of carboxylic acid groups (broad SMARTS) is 1. The first-order valence-electron chi connectivity index (χ1n) is 7.41. The molecule has 126 valence electrons. The molecular weight excluding hydrogens is 330 g/mol. The summed E-state index contributed by atoms with van der Waals surface area (Å²) in [6.07, 6.45) is 0.210. The topological polar surface area (TPSA) is 75.6 Å². The van der Waals surface area contributed by atoms with Gasteiger partial charge in [0.25, 0.3) is 5.91 Å². The fraction of sp³-hybridized carbons (Fsp3) is 0.222. The Kier molecular flexibility index (Phi) is 6.21. The lowest BCUT2D eigenvalue weighted by Gasteiger charge is -2.15. The van der Waals surface area contributed by atoms with Crippen LogP contribution in [0.25, 0.3) is 0 Å². The van der Waals surface area contributed by atoms with Gasteiger partial charge in [0, 0.05) is 11.4 Å². The fourth-order valence-corrected chi connectivity index (χ4v) is 2.43. The molecule has 0 fully saturated rings. The molecule has 6 heteroatoms. The third kappa shape index (κ3) is 5.28. The molecule has 0 saturated carbocycles. The Bertz CT molecular complexity index is 718. The molecule has 0 aliphatic heterocycles. The summed E-state index contributed by atoms with van der Waals surface area (Å²) < 4.78 is 5.42. The largest absolute Gasteiger partial charge is 0.484 e. The molecule has 0 aliphatic rings. The van der Waals surface area contributed by atoms with E-state index < -0.39 is 17.9 Å². The number of hydrogen-bond donors (Lipinski definition) is 2. The molecule has 5 nitrogen and oxygen atoms in total. The van der Waals surface area contributed by atoms with Gasteiger partial charge in [-0.15, -0.1) is 0 Å².